The number of aromatic amines is 1. The van der Waals surface area contributed by atoms with E-state index in [4.69, 9.17) is 4.74 Å². The maximum absolute atomic E-state index is 11.4. The molecule has 202 valence electrons. The summed E-state index contributed by atoms with van der Waals surface area (Å²) in [5.74, 6) is 3.77. The van der Waals surface area contributed by atoms with Gasteiger partial charge in [0.25, 0.3) is 0 Å². The van der Waals surface area contributed by atoms with Crippen LogP contribution in [0.25, 0.3) is 0 Å². The first-order chi connectivity index (χ1) is 17.0. The van der Waals surface area contributed by atoms with Crippen molar-refractivity contribution in [1.82, 2.24) is 10.2 Å². The zero-order valence-electron chi connectivity index (χ0n) is 23.3. The topological polar surface area (TPSA) is 78.4 Å². The molecule has 3 fully saturated rings. The highest BCUT2D eigenvalue weighted by atomic mass is 16.5. The van der Waals surface area contributed by atoms with E-state index in [0.29, 0.717) is 17.9 Å². The summed E-state index contributed by atoms with van der Waals surface area (Å²) < 4.78 is 6.17. The van der Waals surface area contributed by atoms with Gasteiger partial charge in [-0.1, -0.05) is 39.7 Å². The van der Waals surface area contributed by atoms with E-state index in [-0.39, 0.29) is 11.5 Å². The van der Waals surface area contributed by atoms with Gasteiger partial charge in [-0.05, 0) is 117 Å². The highest BCUT2D eigenvalue weighted by molar-refractivity contribution is 5.29. The molecule has 5 heteroatoms. The largest absolute Gasteiger partial charge is 0.390 e. The molecular formula is C31H50N2O3. The maximum atomic E-state index is 11.4. The minimum Gasteiger partial charge on any atom is -0.390 e. The third-order valence-corrected chi connectivity index (χ3v) is 11.4. The number of allylic oxidation sites excluding steroid dienone is 1. The van der Waals surface area contributed by atoms with Gasteiger partial charge in [0.05, 0.1) is 24.0 Å². The Morgan fingerprint density at radius 2 is 1.97 bits per heavy atom. The van der Waals surface area contributed by atoms with E-state index in [1.807, 2.05) is 19.9 Å². The van der Waals surface area contributed by atoms with E-state index in [1.165, 1.54) is 37.7 Å². The molecule has 36 heavy (non-hydrogen) atoms. The molecule has 0 bridgehead atoms. The third-order valence-electron chi connectivity index (χ3n) is 11.4. The molecule has 0 aromatic carbocycles. The van der Waals surface area contributed by atoms with Crippen molar-refractivity contribution in [1.29, 1.82) is 0 Å². The van der Waals surface area contributed by atoms with Gasteiger partial charge in [-0.25, -0.2) is 0 Å². The lowest BCUT2D eigenvalue weighted by Crippen LogP contribution is -2.54. The molecule has 0 aliphatic heterocycles. The van der Waals surface area contributed by atoms with Crippen molar-refractivity contribution < 1.29 is 14.9 Å². The molecule has 5 nitrogen and oxygen atoms in total. The van der Waals surface area contributed by atoms with Crippen molar-refractivity contribution in [3.05, 3.63) is 29.6 Å². The number of rotatable bonds is 8. The van der Waals surface area contributed by atoms with E-state index in [2.05, 4.69) is 37.0 Å². The summed E-state index contributed by atoms with van der Waals surface area (Å²) in [4.78, 5) is 0. The lowest BCUT2D eigenvalue weighted by molar-refractivity contribution is -0.101. The normalized spacial score (nSPS) is 41.2. The summed E-state index contributed by atoms with van der Waals surface area (Å²) in [5, 5.41) is 28.5. The summed E-state index contributed by atoms with van der Waals surface area (Å²) in [6.45, 7) is 11.9. The Kier molecular flexibility index (Phi) is 7.24. The van der Waals surface area contributed by atoms with Gasteiger partial charge >= 0.3 is 0 Å². The molecule has 1 heterocycles. The van der Waals surface area contributed by atoms with E-state index in [1.54, 1.807) is 6.20 Å². The van der Waals surface area contributed by atoms with E-state index in [9.17, 15) is 10.2 Å². The lowest BCUT2D eigenvalue weighted by Gasteiger charge is -2.59. The predicted molar refractivity (Wildman–Crippen MR) is 143 cm³/mol. The highest BCUT2D eigenvalue weighted by Gasteiger charge is 2.60. The number of aromatic nitrogens is 2. The zero-order chi connectivity index (χ0) is 25.7. The van der Waals surface area contributed by atoms with Crippen molar-refractivity contribution in [2.45, 2.75) is 123 Å². The predicted octanol–water partition coefficient (Wildman–Crippen LogP) is 6.42. The zero-order valence-corrected chi connectivity index (χ0v) is 23.3. The molecule has 0 saturated heterocycles. The van der Waals surface area contributed by atoms with Gasteiger partial charge in [-0.3, -0.25) is 5.10 Å². The quantitative estimate of drug-likeness (QED) is 0.361. The summed E-state index contributed by atoms with van der Waals surface area (Å²) in [6, 6.07) is 1.94. The van der Waals surface area contributed by atoms with Crippen molar-refractivity contribution in [3.8, 4) is 0 Å². The molecule has 9 atom stereocenters. The van der Waals surface area contributed by atoms with Crippen LogP contribution in [0.5, 0.6) is 0 Å². The summed E-state index contributed by atoms with van der Waals surface area (Å²) >= 11 is 0. The molecule has 3 N–H and O–H groups in total. The molecule has 3 saturated carbocycles. The van der Waals surface area contributed by atoms with Gasteiger partial charge < -0.3 is 14.9 Å². The minimum atomic E-state index is -0.546. The number of aliphatic hydroxyl groups is 2. The first-order valence-electron chi connectivity index (χ1n) is 14.7. The van der Waals surface area contributed by atoms with Gasteiger partial charge in [-0.2, -0.15) is 5.10 Å². The number of H-pyrrole nitrogens is 1. The monoisotopic (exact) mass is 498 g/mol. The van der Waals surface area contributed by atoms with Crippen LogP contribution >= 0.6 is 0 Å². The summed E-state index contributed by atoms with van der Waals surface area (Å²) in [7, 11) is 0. The fourth-order valence-electron chi connectivity index (χ4n) is 9.48. The van der Waals surface area contributed by atoms with Crippen LogP contribution in [0.2, 0.25) is 0 Å². The van der Waals surface area contributed by atoms with Crippen molar-refractivity contribution >= 4 is 0 Å². The van der Waals surface area contributed by atoms with Crippen LogP contribution in [0.4, 0.5) is 0 Å². The number of nitrogens with one attached hydrogen (secondary N) is 1. The Balaban J connectivity index is 1.26. The number of fused-ring (bicyclic) bond motifs is 5. The van der Waals surface area contributed by atoms with Crippen LogP contribution in [-0.2, 0) is 11.3 Å². The maximum Gasteiger partial charge on any atom is 0.102 e. The molecule has 4 aliphatic carbocycles. The van der Waals surface area contributed by atoms with Crippen LogP contribution in [0.1, 0.15) is 105 Å². The van der Waals surface area contributed by atoms with Crippen LogP contribution in [-0.4, -0.2) is 38.2 Å². The summed E-state index contributed by atoms with van der Waals surface area (Å²) in [5.41, 5.74) is 2.23. The average Bonchev–Trinajstić information content (AvgIpc) is 3.45. The second-order valence-electron chi connectivity index (χ2n) is 14.0. The fourth-order valence-corrected chi connectivity index (χ4v) is 9.48. The highest BCUT2D eigenvalue weighted by Crippen LogP contribution is 2.67. The Morgan fingerprint density at radius 1 is 1.17 bits per heavy atom. The molecule has 1 aromatic rings. The van der Waals surface area contributed by atoms with Gasteiger partial charge in [0, 0.05) is 6.20 Å². The Labute approximate surface area is 218 Å². The molecule has 0 spiro atoms. The fraction of sp³-hybridized carbons (Fsp3) is 0.839. The van der Waals surface area contributed by atoms with Crippen LogP contribution in [0, 0.1) is 40.4 Å². The van der Waals surface area contributed by atoms with Crippen molar-refractivity contribution in [2.75, 3.05) is 0 Å². The molecule has 1 aromatic heterocycles. The van der Waals surface area contributed by atoms with Gasteiger partial charge in [0.2, 0.25) is 0 Å². The second-order valence-corrected chi connectivity index (χ2v) is 14.0. The standard InChI is InChI=1S/C31H50N2O3/c1-20(7-6-15-29(2,3)35)23-10-11-24-22-8-9-26-28(34)27(36-19-21-14-18-32-33-21)13-17-31(26,5)25(22)12-16-30(23,24)4/h9,14,18,20,22-25,27-28,34-35H,6-8,10-13,15-17,19H2,1-5H3,(H,32,33)/t20-,22?,23-,24+,25+,27+,28?,30-,31-/m1/s1. The van der Waals surface area contributed by atoms with Crippen LogP contribution in [0.3, 0.4) is 0 Å². The number of nitrogens with zero attached hydrogens (tertiary/aromatic N) is 1. The first-order valence-corrected chi connectivity index (χ1v) is 14.7. The number of hydrogen-bond donors (Lipinski definition) is 3. The van der Waals surface area contributed by atoms with Gasteiger partial charge in [0.15, 0.2) is 0 Å². The first kappa shape index (κ1) is 26.4. The minimum absolute atomic E-state index is 0.105. The molecule has 0 amide bonds. The number of aliphatic hydroxyl groups excluding tert-OH is 1. The Morgan fingerprint density at radius 3 is 2.69 bits per heavy atom. The number of ether oxygens (including phenoxy) is 1. The Bertz CT molecular complexity index is 921. The van der Waals surface area contributed by atoms with E-state index in [0.717, 1.165) is 61.5 Å². The van der Waals surface area contributed by atoms with E-state index >= 15 is 0 Å². The molecule has 4 aliphatic rings. The average molecular weight is 499 g/mol. The van der Waals surface area contributed by atoms with Gasteiger partial charge in [-0.15, -0.1) is 0 Å². The summed E-state index contributed by atoms with van der Waals surface area (Å²) in [6.07, 6.45) is 15.4. The lowest BCUT2D eigenvalue weighted by atomic mass is 9.46. The SMILES string of the molecule is C[C@H](CCCC(C)(C)O)[C@H]1CC[C@H]2C3CC=C4C(O)[C@@H](OCc5ccn[nH]5)CC[C@]4(C)[C@H]3CC[C@]12C. The van der Waals surface area contributed by atoms with Crippen molar-refractivity contribution in [3.63, 3.8) is 0 Å². The Hall–Kier alpha value is -1.17. The molecular weight excluding hydrogens is 448 g/mol. The number of hydrogen-bond acceptors (Lipinski definition) is 4. The van der Waals surface area contributed by atoms with Crippen LogP contribution in [0.15, 0.2) is 23.9 Å². The van der Waals surface area contributed by atoms with Crippen molar-refractivity contribution in [2.24, 2.45) is 40.4 Å². The molecule has 0 radical (unpaired) electrons. The van der Waals surface area contributed by atoms with Crippen LogP contribution < -0.4 is 0 Å². The smallest absolute Gasteiger partial charge is 0.102 e. The third kappa shape index (κ3) is 4.73. The van der Waals surface area contributed by atoms with E-state index < -0.39 is 11.7 Å². The molecule has 2 unspecified atom stereocenters. The molecule has 5 rings (SSSR count). The second kappa shape index (κ2) is 9.85. The van der Waals surface area contributed by atoms with Gasteiger partial charge in [0.1, 0.15) is 6.10 Å².